The third kappa shape index (κ3) is 3.70. The van der Waals surface area contributed by atoms with Gasteiger partial charge in [-0.3, -0.25) is 4.79 Å². The van der Waals surface area contributed by atoms with Crippen LogP contribution in [0.3, 0.4) is 0 Å². The predicted octanol–water partition coefficient (Wildman–Crippen LogP) is 2.68. The Hall–Kier alpha value is -2.23. The van der Waals surface area contributed by atoms with E-state index in [9.17, 15) is 18.0 Å². The summed E-state index contributed by atoms with van der Waals surface area (Å²) >= 11 is 0. The molecule has 2 rings (SSSR count). The summed E-state index contributed by atoms with van der Waals surface area (Å²) in [4.78, 5) is 12.9. The van der Waals surface area contributed by atoms with Crippen LogP contribution in [0.4, 0.5) is 18.9 Å². The molecule has 0 radical (unpaired) electrons. The number of hydrogen-bond acceptors (Lipinski definition) is 3. The van der Waals surface area contributed by atoms with Crippen molar-refractivity contribution in [3.05, 3.63) is 29.3 Å². The lowest BCUT2D eigenvalue weighted by molar-refractivity contribution is -0.137. The summed E-state index contributed by atoms with van der Waals surface area (Å²) in [6, 6.07) is 5.22. The average Bonchev–Trinajstić information content (AvgIpc) is 2.45. The van der Waals surface area contributed by atoms with Gasteiger partial charge in [0, 0.05) is 31.7 Å². The summed E-state index contributed by atoms with van der Waals surface area (Å²) in [5.41, 5.74) is -0.887. The molecule has 1 N–H and O–H groups in total. The van der Waals surface area contributed by atoms with Crippen molar-refractivity contribution in [1.82, 2.24) is 5.32 Å². The smallest absolute Gasteiger partial charge is 0.369 e. The van der Waals surface area contributed by atoms with Crippen LogP contribution in [-0.4, -0.2) is 25.0 Å². The maximum absolute atomic E-state index is 13.0. The van der Waals surface area contributed by atoms with Gasteiger partial charge in [-0.05, 0) is 31.0 Å². The molecule has 0 aliphatic carbocycles. The number of benzene rings is 1. The number of nitriles is 1. The SMILES string of the molecule is CC(=O)N[C@@H]1CCCN(c2ccc(C#N)c(C(F)(F)F)c2)C1. The van der Waals surface area contributed by atoms with Crippen LogP contribution in [0.5, 0.6) is 0 Å². The van der Waals surface area contributed by atoms with E-state index in [1.165, 1.54) is 19.1 Å². The molecule has 1 saturated heterocycles. The molecular weight excluding hydrogens is 295 g/mol. The fraction of sp³-hybridized carbons (Fsp3) is 0.467. The molecule has 7 heteroatoms. The summed E-state index contributed by atoms with van der Waals surface area (Å²) in [6.07, 6.45) is -2.97. The number of halogens is 3. The van der Waals surface area contributed by atoms with Gasteiger partial charge >= 0.3 is 6.18 Å². The van der Waals surface area contributed by atoms with E-state index in [2.05, 4.69) is 5.32 Å². The number of nitrogens with zero attached hydrogens (tertiary/aromatic N) is 2. The number of nitrogens with one attached hydrogen (secondary N) is 1. The number of carbonyl (C=O) groups excluding carboxylic acids is 1. The maximum atomic E-state index is 13.0. The van der Waals surface area contributed by atoms with E-state index in [1.54, 1.807) is 11.0 Å². The molecule has 4 nitrogen and oxygen atoms in total. The van der Waals surface area contributed by atoms with Crippen LogP contribution in [0.25, 0.3) is 0 Å². The van der Waals surface area contributed by atoms with E-state index in [0.717, 1.165) is 18.9 Å². The van der Waals surface area contributed by atoms with E-state index in [4.69, 9.17) is 5.26 Å². The van der Waals surface area contributed by atoms with Crippen LogP contribution in [-0.2, 0) is 11.0 Å². The molecule has 1 aromatic carbocycles. The Morgan fingerprint density at radius 1 is 1.45 bits per heavy atom. The Kier molecular flexibility index (Phi) is 4.59. The Balaban J connectivity index is 2.25. The van der Waals surface area contributed by atoms with Gasteiger partial charge in [-0.15, -0.1) is 0 Å². The molecule has 1 fully saturated rings. The van der Waals surface area contributed by atoms with E-state index >= 15 is 0 Å². The van der Waals surface area contributed by atoms with Gasteiger partial charge in [0.1, 0.15) is 0 Å². The first-order valence-corrected chi connectivity index (χ1v) is 6.94. The molecule has 1 aromatic rings. The topological polar surface area (TPSA) is 56.1 Å². The fourth-order valence-electron chi connectivity index (χ4n) is 2.68. The molecule has 1 heterocycles. The highest BCUT2D eigenvalue weighted by molar-refractivity contribution is 5.73. The van der Waals surface area contributed by atoms with E-state index in [-0.39, 0.29) is 17.5 Å². The maximum Gasteiger partial charge on any atom is 0.417 e. The van der Waals surface area contributed by atoms with Crippen LogP contribution in [0.2, 0.25) is 0 Å². The third-order valence-electron chi connectivity index (χ3n) is 3.62. The number of amides is 1. The lowest BCUT2D eigenvalue weighted by Crippen LogP contribution is -2.47. The zero-order chi connectivity index (χ0) is 16.3. The number of piperidine rings is 1. The predicted molar refractivity (Wildman–Crippen MR) is 75.2 cm³/mol. The average molecular weight is 311 g/mol. The van der Waals surface area contributed by atoms with Crippen molar-refractivity contribution in [3.63, 3.8) is 0 Å². The largest absolute Gasteiger partial charge is 0.417 e. The fourth-order valence-corrected chi connectivity index (χ4v) is 2.68. The summed E-state index contributed by atoms with van der Waals surface area (Å²) in [6.45, 7) is 2.50. The van der Waals surface area contributed by atoms with Crippen molar-refractivity contribution < 1.29 is 18.0 Å². The second kappa shape index (κ2) is 6.26. The molecule has 22 heavy (non-hydrogen) atoms. The van der Waals surface area contributed by atoms with Crippen LogP contribution < -0.4 is 10.2 Å². The summed E-state index contributed by atoms with van der Waals surface area (Å²) in [7, 11) is 0. The normalized spacial score (nSPS) is 18.7. The molecule has 0 spiro atoms. The number of alkyl halides is 3. The van der Waals surface area contributed by atoms with Gasteiger partial charge < -0.3 is 10.2 Å². The summed E-state index contributed by atoms with van der Waals surface area (Å²) in [5, 5.41) is 11.6. The Bertz CT molecular complexity index is 607. The summed E-state index contributed by atoms with van der Waals surface area (Å²) < 4.78 is 39.0. The molecule has 0 aromatic heterocycles. The Labute approximate surface area is 126 Å². The van der Waals surface area contributed by atoms with E-state index < -0.39 is 11.7 Å². The van der Waals surface area contributed by atoms with Gasteiger partial charge in [0.05, 0.1) is 17.2 Å². The van der Waals surface area contributed by atoms with Crippen molar-refractivity contribution in [3.8, 4) is 6.07 Å². The lowest BCUT2D eigenvalue weighted by Gasteiger charge is -2.35. The van der Waals surface area contributed by atoms with E-state index in [1.807, 2.05) is 0 Å². The minimum Gasteiger partial charge on any atom is -0.369 e. The second-order valence-corrected chi connectivity index (χ2v) is 5.33. The van der Waals surface area contributed by atoms with Gasteiger partial charge in [-0.1, -0.05) is 0 Å². The lowest BCUT2D eigenvalue weighted by atomic mass is 10.0. The van der Waals surface area contributed by atoms with Gasteiger partial charge in [-0.25, -0.2) is 0 Å². The molecule has 0 bridgehead atoms. The van der Waals surface area contributed by atoms with Gasteiger partial charge in [0.25, 0.3) is 0 Å². The zero-order valence-corrected chi connectivity index (χ0v) is 12.1. The van der Waals surface area contributed by atoms with Crippen LogP contribution in [0, 0.1) is 11.3 Å². The number of hydrogen-bond donors (Lipinski definition) is 1. The molecule has 118 valence electrons. The molecule has 1 atom stereocenters. The van der Waals surface area contributed by atoms with Gasteiger partial charge in [0.15, 0.2) is 0 Å². The van der Waals surface area contributed by atoms with Crippen molar-refractivity contribution in [2.75, 3.05) is 18.0 Å². The number of carbonyl (C=O) groups is 1. The summed E-state index contributed by atoms with van der Waals surface area (Å²) in [5.74, 6) is -0.150. The first kappa shape index (κ1) is 16.1. The number of anilines is 1. The Morgan fingerprint density at radius 2 is 2.18 bits per heavy atom. The molecule has 0 saturated carbocycles. The van der Waals surface area contributed by atoms with Crippen molar-refractivity contribution in [1.29, 1.82) is 5.26 Å². The number of rotatable bonds is 2. The molecule has 0 unspecified atom stereocenters. The van der Waals surface area contributed by atoms with Crippen molar-refractivity contribution in [2.24, 2.45) is 0 Å². The van der Waals surface area contributed by atoms with Gasteiger partial charge in [-0.2, -0.15) is 18.4 Å². The molecule has 1 aliphatic rings. The molecule has 1 amide bonds. The standard InChI is InChI=1S/C15H16F3N3O/c1-10(22)20-12-3-2-6-21(9-12)13-5-4-11(8-19)14(7-13)15(16,17)18/h4-5,7,12H,2-3,6,9H2,1H3,(H,20,22)/t12-/m1/s1. The van der Waals surface area contributed by atoms with Gasteiger partial charge in [0.2, 0.25) is 5.91 Å². The molecular formula is C15H16F3N3O. The minimum atomic E-state index is -4.56. The second-order valence-electron chi connectivity index (χ2n) is 5.33. The van der Waals surface area contributed by atoms with E-state index in [0.29, 0.717) is 18.8 Å². The minimum absolute atomic E-state index is 0.0729. The highest BCUT2D eigenvalue weighted by Gasteiger charge is 2.34. The highest BCUT2D eigenvalue weighted by atomic mass is 19.4. The van der Waals surface area contributed by atoms with Crippen LogP contribution in [0.15, 0.2) is 18.2 Å². The van der Waals surface area contributed by atoms with Crippen molar-refractivity contribution >= 4 is 11.6 Å². The third-order valence-corrected chi connectivity index (χ3v) is 3.62. The zero-order valence-electron chi connectivity index (χ0n) is 12.1. The van der Waals surface area contributed by atoms with Crippen molar-refractivity contribution in [2.45, 2.75) is 32.0 Å². The first-order valence-electron chi connectivity index (χ1n) is 6.94. The Morgan fingerprint density at radius 3 is 2.77 bits per heavy atom. The monoisotopic (exact) mass is 311 g/mol. The van der Waals surface area contributed by atoms with Crippen LogP contribution in [0.1, 0.15) is 30.9 Å². The quantitative estimate of drug-likeness (QED) is 0.913. The molecule has 1 aliphatic heterocycles. The van der Waals surface area contributed by atoms with Crippen LogP contribution >= 0.6 is 0 Å². The highest BCUT2D eigenvalue weighted by Crippen LogP contribution is 2.35. The first-order chi connectivity index (χ1) is 10.3.